The van der Waals surface area contributed by atoms with Crippen molar-refractivity contribution < 1.29 is 27.4 Å². The van der Waals surface area contributed by atoms with Crippen LogP contribution in [0.2, 0.25) is 5.02 Å². The van der Waals surface area contributed by atoms with Crippen molar-refractivity contribution in [2.75, 3.05) is 32.3 Å². The molecule has 1 amide bonds. The second kappa shape index (κ2) is 8.33. The van der Waals surface area contributed by atoms with Crippen molar-refractivity contribution in [3.63, 3.8) is 0 Å². The van der Waals surface area contributed by atoms with E-state index < -0.39 is 15.9 Å². The number of carbonyl (C=O) groups excluding carboxylic acids is 1. The van der Waals surface area contributed by atoms with Gasteiger partial charge in [-0.15, -0.1) is 0 Å². The van der Waals surface area contributed by atoms with Crippen molar-refractivity contribution >= 4 is 33.2 Å². The van der Waals surface area contributed by atoms with Crippen molar-refractivity contribution in [1.29, 1.82) is 0 Å². The normalized spacial score (nSPS) is 18.8. The lowest BCUT2D eigenvalue weighted by atomic mass is 9.98. The minimum atomic E-state index is -3.78. The molecular weight excluding hydrogens is 432 g/mol. The Morgan fingerprint density at radius 2 is 2.00 bits per heavy atom. The standard InChI is InChI=1S/C20H21ClN2O6S/c1-27-17-7-5-15(10-16(17)21)30(25,26)23-8-2-3-13(11-23)20(24)22-14-4-6-18-19(9-14)29-12-28-18/h4-7,9-10,13H,2-3,8,11-12H2,1H3,(H,22,24). The molecule has 1 fully saturated rings. The highest BCUT2D eigenvalue weighted by molar-refractivity contribution is 7.89. The number of piperidine rings is 1. The predicted molar refractivity (Wildman–Crippen MR) is 111 cm³/mol. The molecular formula is C20H21ClN2O6S. The molecule has 30 heavy (non-hydrogen) atoms. The molecule has 2 aliphatic heterocycles. The monoisotopic (exact) mass is 452 g/mol. The van der Waals surface area contributed by atoms with E-state index in [1.165, 1.54) is 29.6 Å². The summed E-state index contributed by atoms with van der Waals surface area (Å²) in [5.74, 6) is 0.891. The summed E-state index contributed by atoms with van der Waals surface area (Å²) in [4.78, 5) is 12.8. The Balaban J connectivity index is 1.47. The summed E-state index contributed by atoms with van der Waals surface area (Å²) >= 11 is 6.09. The number of methoxy groups -OCH3 is 1. The lowest BCUT2D eigenvalue weighted by molar-refractivity contribution is -0.120. The van der Waals surface area contributed by atoms with Crippen LogP contribution in [0.5, 0.6) is 17.2 Å². The van der Waals surface area contributed by atoms with Crippen LogP contribution >= 0.6 is 11.6 Å². The minimum absolute atomic E-state index is 0.0742. The molecule has 10 heteroatoms. The largest absolute Gasteiger partial charge is 0.495 e. The molecule has 2 aliphatic rings. The molecule has 2 aromatic carbocycles. The van der Waals surface area contributed by atoms with Crippen LogP contribution in [0.4, 0.5) is 5.69 Å². The van der Waals surface area contributed by atoms with Gasteiger partial charge in [-0.25, -0.2) is 8.42 Å². The van der Waals surface area contributed by atoms with Crippen molar-refractivity contribution in [3.05, 3.63) is 41.4 Å². The molecule has 1 N–H and O–H groups in total. The highest BCUT2D eigenvalue weighted by Gasteiger charge is 2.33. The van der Waals surface area contributed by atoms with Gasteiger partial charge in [0.05, 0.1) is 22.9 Å². The molecule has 2 aromatic rings. The van der Waals surface area contributed by atoms with Gasteiger partial charge in [0.1, 0.15) is 5.75 Å². The van der Waals surface area contributed by atoms with Gasteiger partial charge in [-0.1, -0.05) is 11.6 Å². The number of nitrogens with zero attached hydrogens (tertiary/aromatic N) is 1. The number of amides is 1. The molecule has 1 unspecified atom stereocenters. The van der Waals surface area contributed by atoms with Gasteiger partial charge in [-0.2, -0.15) is 4.31 Å². The number of hydrogen-bond donors (Lipinski definition) is 1. The van der Waals surface area contributed by atoms with E-state index in [0.717, 1.165) is 0 Å². The number of ether oxygens (including phenoxy) is 3. The quantitative estimate of drug-likeness (QED) is 0.749. The van der Waals surface area contributed by atoms with Crippen LogP contribution in [0, 0.1) is 5.92 Å². The van der Waals surface area contributed by atoms with E-state index in [-0.39, 0.29) is 29.2 Å². The second-order valence-electron chi connectivity index (χ2n) is 7.06. The maximum absolute atomic E-state index is 13.1. The summed E-state index contributed by atoms with van der Waals surface area (Å²) in [6, 6.07) is 9.48. The van der Waals surface area contributed by atoms with Gasteiger partial charge in [0.25, 0.3) is 0 Å². The first-order chi connectivity index (χ1) is 14.4. The molecule has 0 aliphatic carbocycles. The van der Waals surface area contributed by atoms with Crippen LogP contribution in [-0.2, 0) is 14.8 Å². The first-order valence-electron chi connectivity index (χ1n) is 9.42. The summed E-state index contributed by atoms with van der Waals surface area (Å²) in [6.45, 7) is 0.597. The topological polar surface area (TPSA) is 94.2 Å². The van der Waals surface area contributed by atoms with E-state index in [0.29, 0.717) is 42.3 Å². The summed E-state index contributed by atoms with van der Waals surface area (Å²) < 4.78 is 43.1. The van der Waals surface area contributed by atoms with E-state index in [1.807, 2.05) is 0 Å². The average Bonchev–Trinajstić information content (AvgIpc) is 3.21. The molecule has 1 atom stereocenters. The van der Waals surface area contributed by atoms with Crippen LogP contribution in [0.25, 0.3) is 0 Å². The fraction of sp³-hybridized carbons (Fsp3) is 0.350. The van der Waals surface area contributed by atoms with Gasteiger partial charge in [0, 0.05) is 24.8 Å². The molecule has 2 heterocycles. The van der Waals surface area contributed by atoms with Gasteiger partial charge in [-0.3, -0.25) is 4.79 Å². The molecule has 0 saturated carbocycles. The summed E-state index contributed by atoms with van der Waals surface area (Å²) in [5.41, 5.74) is 0.575. The summed E-state index contributed by atoms with van der Waals surface area (Å²) in [5, 5.41) is 3.06. The number of sulfonamides is 1. The molecule has 8 nitrogen and oxygen atoms in total. The fourth-order valence-electron chi connectivity index (χ4n) is 3.55. The zero-order valence-corrected chi connectivity index (χ0v) is 17.8. The number of nitrogens with one attached hydrogen (secondary N) is 1. The highest BCUT2D eigenvalue weighted by Crippen LogP contribution is 2.35. The van der Waals surface area contributed by atoms with Crippen LogP contribution < -0.4 is 19.5 Å². The van der Waals surface area contributed by atoms with Crippen molar-refractivity contribution in [1.82, 2.24) is 4.31 Å². The smallest absolute Gasteiger partial charge is 0.243 e. The van der Waals surface area contributed by atoms with Gasteiger partial charge in [0.2, 0.25) is 22.7 Å². The Labute approximate surface area is 179 Å². The zero-order valence-electron chi connectivity index (χ0n) is 16.3. The van der Waals surface area contributed by atoms with Crippen molar-refractivity contribution in [3.8, 4) is 17.2 Å². The number of fused-ring (bicyclic) bond motifs is 1. The van der Waals surface area contributed by atoms with E-state index in [4.69, 9.17) is 25.8 Å². The summed E-state index contributed by atoms with van der Waals surface area (Å²) in [6.07, 6.45) is 1.19. The highest BCUT2D eigenvalue weighted by atomic mass is 35.5. The van der Waals surface area contributed by atoms with Gasteiger partial charge in [-0.05, 0) is 43.2 Å². The fourth-order valence-corrected chi connectivity index (χ4v) is 5.42. The lowest BCUT2D eigenvalue weighted by Crippen LogP contribution is -2.43. The van der Waals surface area contributed by atoms with E-state index in [9.17, 15) is 13.2 Å². The van der Waals surface area contributed by atoms with Crippen LogP contribution in [0.1, 0.15) is 12.8 Å². The second-order valence-corrected chi connectivity index (χ2v) is 9.40. The van der Waals surface area contributed by atoms with Crippen LogP contribution in [0.3, 0.4) is 0 Å². The molecule has 0 bridgehead atoms. The number of anilines is 1. The van der Waals surface area contributed by atoms with E-state index >= 15 is 0 Å². The third-order valence-electron chi connectivity index (χ3n) is 5.16. The minimum Gasteiger partial charge on any atom is -0.495 e. The van der Waals surface area contributed by atoms with Crippen LogP contribution in [0.15, 0.2) is 41.3 Å². The molecule has 0 spiro atoms. The first-order valence-corrected chi connectivity index (χ1v) is 11.2. The predicted octanol–water partition coefficient (Wildman–Crippen LogP) is 3.12. The Bertz CT molecular complexity index is 1070. The molecule has 1 saturated heterocycles. The van der Waals surface area contributed by atoms with Gasteiger partial charge >= 0.3 is 0 Å². The zero-order chi connectivity index (χ0) is 21.3. The first kappa shape index (κ1) is 20.8. The van der Waals surface area contributed by atoms with E-state index in [1.54, 1.807) is 18.2 Å². The number of benzene rings is 2. The molecule has 4 rings (SSSR count). The molecule has 160 valence electrons. The maximum atomic E-state index is 13.1. The lowest BCUT2D eigenvalue weighted by Gasteiger charge is -2.31. The van der Waals surface area contributed by atoms with E-state index in [2.05, 4.69) is 5.32 Å². The third kappa shape index (κ3) is 4.05. The third-order valence-corrected chi connectivity index (χ3v) is 7.31. The number of hydrogen-bond acceptors (Lipinski definition) is 6. The number of carbonyl (C=O) groups is 1. The summed E-state index contributed by atoms with van der Waals surface area (Å²) in [7, 11) is -2.32. The SMILES string of the molecule is COc1ccc(S(=O)(=O)N2CCCC(C(=O)Nc3ccc4c(c3)OCO4)C2)cc1Cl. The molecule has 0 radical (unpaired) electrons. The van der Waals surface area contributed by atoms with Crippen LogP contribution in [-0.4, -0.2) is 45.6 Å². The Morgan fingerprint density at radius 3 is 2.77 bits per heavy atom. The van der Waals surface area contributed by atoms with Crippen molar-refractivity contribution in [2.45, 2.75) is 17.7 Å². The Morgan fingerprint density at radius 1 is 1.20 bits per heavy atom. The number of halogens is 1. The maximum Gasteiger partial charge on any atom is 0.243 e. The Hall–Kier alpha value is -2.49. The van der Waals surface area contributed by atoms with Gasteiger partial charge < -0.3 is 19.5 Å². The molecule has 0 aromatic heterocycles. The number of rotatable bonds is 5. The van der Waals surface area contributed by atoms with Gasteiger partial charge in [0.15, 0.2) is 11.5 Å². The van der Waals surface area contributed by atoms with Crippen molar-refractivity contribution in [2.24, 2.45) is 5.92 Å². The Kier molecular flexibility index (Phi) is 5.77. The average molecular weight is 453 g/mol.